The predicted octanol–water partition coefficient (Wildman–Crippen LogP) is 3.40. The van der Waals surface area contributed by atoms with Crippen molar-refractivity contribution >= 4 is 38.1 Å². The lowest BCUT2D eigenvalue weighted by molar-refractivity contribution is -0.116. The summed E-state index contributed by atoms with van der Waals surface area (Å²) in [4.78, 5) is 12.9. The van der Waals surface area contributed by atoms with E-state index in [1.54, 1.807) is 31.2 Å². The number of anilines is 2. The molecule has 0 unspecified atom stereocenters. The summed E-state index contributed by atoms with van der Waals surface area (Å²) in [5, 5.41) is 4.85. The van der Waals surface area contributed by atoms with E-state index >= 15 is 0 Å². The first-order valence-corrected chi connectivity index (χ1v) is 11.4. The molecule has 30 heavy (non-hydrogen) atoms. The van der Waals surface area contributed by atoms with E-state index in [9.17, 15) is 13.2 Å². The molecule has 0 saturated heterocycles. The van der Waals surface area contributed by atoms with Crippen LogP contribution in [0.3, 0.4) is 0 Å². The van der Waals surface area contributed by atoms with Gasteiger partial charge in [0.15, 0.2) is 11.5 Å². The number of carbonyl (C=O) groups is 1. The van der Waals surface area contributed by atoms with Crippen LogP contribution >= 0.6 is 0 Å². The quantitative estimate of drug-likeness (QED) is 0.676. The van der Waals surface area contributed by atoms with Crippen LogP contribution < -0.4 is 19.1 Å². The van der Waals surface area contributed by atoms with Crippen LogP contribution in [-0.2, 0) is 14.8 Å². The molecule has 1 amide bonds. The number of fused-ring (bicyclic) bond motifs is 2. The Morgan fingerprint density at radius 3 is 2.40 bits per heavy atom. The molecule has 0 saturated carbocycles. The van der Waals surface area contributed by atoms with Crippen LogP contribution in [0.4, 0.5) is 11.4 Å². The van der Waals surface area contributed by atoms with Gasteiger partial charge in [0.05, 0.1) is 11.9 Å². The monoisotopic (exact) mass is 426 g/mol. The highest BCUT2D eigenvalue weighted by molar-refractivity contribution is 7.92. The highest BCUT2D eigenvalue weighted by Crippen LogP contribution is 2.35. The molecule has 0 fully saturated rings. The number of sulfonamides is 1. The van der Waals surface area contributed by atoms with E-state index in [2.05, 4.69) is 5.32 Å². The average molecular weight is 426 g/mol. The molecule has 1 atom stereocenters. The summed E-state index contributed by atoms with van der Waals surface area (Å²) in [6.45, 7) is 2.37. The molecule has 1 aliphatic heterocycles. The Hall–Kier alpha value is -3.26. The average Bonchev–Trinajstić information content (AvgIpc) is 2.72. The maximum absolute atomic E-state index is 12.9. The van der Waals surface area contributed by atoms with Crippen molar-refractivity contribution < 1.29 is 22.7 Å². The van der Waals surface area contributed by atoms with Crippen molar-refractivity contribution in [2.24, 2.45) is 0 Å². The first-order chi connectivity index (χ1) is 14.3. The van der Waals surface area contributed by atoms with Gasteiger partial charge in [0, 0.05) is 11.8 Å². The molecule has 7 nitrogen and oxygen atoms in total. The Kier molecular flexibility index (Phi) is 5.26. The van der Waals surface area contributed by atoms with Gasteiger partial charge in [-0.1, -0.05) is 30.3 Å². The van der Waals surface area contributed by atoms with Crippen LogP contribution in [0.1, 0.15) is 6.92 Å². The Morgan fingerprint density at radius 2 is 1.67 bits per heavy atom. The van der Waals surface area contributed by atoms with Gasteiger partial charge in [0.1, 0.15) is 19.3 Å². The zero-order valence-electron chi connectivity index (χ0n) is 16.7. The maximum atomic E-state index is 12.9. The molecule has 0 aliphatic carbocycles. The standard InChI is InChI=1S/C22H22N2O5S/c1-15(22(25)23-18-8-7-16-5-3-4-6-17(16)13-18)24(30(2,26)27)19-9-10-20-21(14-19)29-12-11-28-20/h3-10,13-15H,11-12H2,1-2H3,(H,23,25)/t15-/m1/s1. The fourth-order valence-corrected chi connectivity index (χ4v) is 4.66. The fourth-order valence-electron chi connectivity index (χ4n) is 3.49. The number of nitrogens with zero attached hydrogens (tertiary/aromatic N) is 1. The van der Waals surface area contributed by atoms with Crippen LogP contribution in [-0.4, -0.2) is 39.8 Å². The summed E-state index contributed by atoms with van der Waals surface area (Å²) < 4.78 is 37.2. The van der Waals surface area contributed by atoms with Crippen LogP contribution in [0.5, 0.6) is 11.5 Å². The molecule has 8 heteroatoms. The molecular formula is C22H22N2O5S. The predicted molar refractivity (Wildman–Crippen MR) is 117 cm³/mol. The Morgan fingerprint density at radius 1 is 0.967 bits per heavy atom. The van der Waals surface area contributed by atoms with Crippen LogP contribution in [0.25, 0.3) is 10.8 Å². The van der Waals surface area contributed by atoms with Gasteiger partial charge < -0.3 is 14.8 Å². The largest absolute Gasteiger partial charge is 0.486 e. The van der Waals surface area contributed by atoms with Crippen molar-refractivity contribution in [3.63, 3.8) is 0 Å². The molecule has 0 radical (unpaired) electrons. The zero-order chi connectivity index (χ0) is 21.3. The molecule has 0 spiro atoms. The van der Waals surface area contributed by atoms with Crippen molar-refractivity contribution in [3.05, 3.63) is 60.7 Å². The number of nitrogens with one attached hydrogen (secondary N) is 1. The molecule has 156 valence electrons. The lowest BCUT2D eigenvalue weighted by Crippen LogP contribution is -2.45. The van der Waals surface area contributed by atoms with Gasteiger partial charge in [-0.15, -0.1) is 0 Å². The van der Waals surface area contributed by atoms with Crippen molar-refractivity contribution in [2.45, 2.75) is 13.0 Å². The second-order valence-electron chi connectivity index (χ2n) is 7.11. The SMILES string of the molecule is C[C@H](C(=O)Nc1ccc2ccccc2c1)N(c1ccc2c(c1)OCCO2)S(C)(=O)=O. The van der Waals surface area contributed by atoms with Crippen molar-refractivity contribution in [2.75, 3.05) is 29.1 Å². The van der Waals surface area contributed by atoms with E-state index in [1.165, 1.54) is 0 Å². The third-order valence-electron chi connectivity index (χ3n) is 4.89. The van der Waals surface area contributed by atoms with Gasteiger partial charge >= 0.3 is 0 Å². The number of carbonyl (C=O) groups excluding carboxylic acids is 1. The van der Waals surface area contributed by atoms with Crippen LogP contribution in [0.2, 0.25) is 0 Å². The topological polar surface area (TPSA) is 84.9 Å². The number of amides is 1. The normalized spacial score (nSPS) is 14.2. The number of hydrogen-bond acceptors (Lipinski definition) is 5. The minimum Gasteiger partial charge on any atom is -0.486 e. The Balaban J connectivity index is 1.61. The third kappa shape index (κ3) is 4.04. The van der Waals surface area contributed by atoms with E-state index in [4.69, 9.17) is 9.47 Å². The van der Waals surface area contributed by atoms with Crippen molar-refractivity contribution in [1.82, 2.24) is 0 Å². The van der Waals surface area contributed by atoms with Gasteiger partial charge in [-0.2, -0.15) is 0 Å². The number of hydrogen-bond donors (Lipinski definition) is 1. The molecule has 1 N–H and O–H groups in total. The summed E-state index contributed by atoms with van der Waals surface area (Å²) in [6.07, 6.45) is 1.07. The number of ether oxygens (including phenoxy) is 2. The summed E-state index contributed by atoms with van der Waals surface area (Å²) in [7, 11) is -3.74. The van der Waals surface area contributed by atoms with Gasteiger partial charge in [-0.3, -0.25) is 9.10 Å². The molecule has 3 aromatic carbocycles. The van der Waals surface area contributed by atoms with Crippen molar-refractivity contribution in [1.29, 1.82) is 0 Å². The van der Waals surface area contributed by atoms with E-state index in [0.29, 0.717) is 36.1 Å². The number of rotatable bonds is 5. The fraction of sp³-hybridized carbons (Fsp3) is 0.227. The van der Waals surface area contributed by atoms with Gasteiger partial charge in [-0.25, -0.2) is 8.42 Å². The van der Waals surface area contributed by atoms with E-state index < -0.39 is 22.0 Å². The molecule has 4 rings (SSSR count). The highest BCUT2D eigenvalue weighted by atomic mass is 32.2. The molecule has 0 bridgehead atoms. The van der Waals surface area contributed by atoms with E-state index in [-0.39, 0.29) is 0 Å². The minimum atomic E-state index is -3.74. The molecule has 1 aliphatic rings. The smallest absolute Gasteiger partial charge is 0.247 e. The summed E-state index contributed by atoms with van der Waals surface area (Å²) in [5.41, 5.74) is 0.934. The molecule has 3 aromatic rings. The second-order valence-corrected chi connectivity index (χ2v) is 8.97. The van der Waals surface area contributed by atoms with Gasteiger partial charge in [0.2, 0.25) is 15.9 Å². The van der Waals surface area contributed by atoms with Gasteiger partial charge in [-0.05, 0) is 42.0 Å². The lowest BCUT2D eigenvalue weighted by Gasteiger charge is -2.29. The van der Waals surface area contributed by atoms with Gasteiger partial charge in [0.25, 0.3) is 0 Å². The zero-order valence-corrected chi connectivity index (χ0v) is 17.5. The molecule has 1 heterocycles. The Labute approximate surface area is 175 Å². The Bertz CT molecular complexity index is 1210. The van der Waals surface area contributed by atoms with E-state index in [1.807, 2.05) is 36.4 Å². The van der Waals surface area contributed by atoms with Crippen molar-refractivity contribution in [3.8, 4) is 11.5 Å². The first-order valence-electron chi connectivity index (χ1n) is 9.52. The maximum Gasteiger partial charge on any atom is 0.247 e. The second kappa shape index (κ2) is 7.87. The highest BCUT2D eigenvalue weighted by Gasteiger charge is 2.30. The minimum absolute atomic E-state index is 0.336. The van der Waals surface area contributed by atoms with Crippen LogP contribution in [0, 0.1) is 0 Å². The summed E-state index contributed by atoms with van der Waals surface area (Å²) in [6, 6.07) is 17.2. The number of benzene rings is 3. The summed E-state index contributed by atoms with van der Waals surface area (Å²) >= 11 is 0. The van der Waals surface area contributed by atoms with E-state index in [0.717, 1.165) is 21.3 Å². The lowest BCUT2D eigenvalue weighted by atomic mass is 10.1. The summed E-state index contributed by atoms with van der Waals surface area (Å²) in [5.74, 6) is 0.562. The van der Waals surface area contributed by atoms with Crippen LogP contribution in [0.15, 0.2) is 60.7 Å². The first kappa shape index (κ1) is 20.0. The molecule has 0 aromatic heterocycles. The molecular weight excluding hydrogens is 404 g/mol. The third-order valence-corrected chi connectivity index (χ3v) is 6.13.